The standard InChI is InChI=1S/C29H37.C10H15.2ClH.Zr/c1-18-25-22-17-19-13-9-10-14-20(19)24(22)21-15-11-12-16-23(21)29(25,8)28(6,7)27(4,5)26(18,2)3;1-8-5-6-9(7-8)10(2,3)4;;;/h9-11,13-15,23H,12,16-17H2,1-8H3;5-7H,1-4H3;2*1H;/q2*-1;;;+4/p-2. The predicted molar refractivity (Wildman–Crippen MR) is 170 cm³/mol. The van der Waals surface area contributed by atoms with Gasteiger partial charge in [-0.1, -0.05) is 147 Å². The van der Waals surface area contributed by atoms with Crippen LogP contribution in [0.1, 0.15) is 111 Å². The van der Waals surface area contributed by atoms with Crippen molar-refractivity contribution < 1.29 is 51.0 Å². The van der Waals surface area contributed by atoms with Crippen LogP contribution in [-0.2, 0) is 38.0 Å². The SMILES string of the molecule is C[C-]1C2=C3Cc4ccccc4C3=C3C=CCCC3C2(C)C(C)(C)C(C)(C)C1(C)C.Cc1cc(C(C)(C)C)c[cH-]1.[Cl-].[Cl-].[Zr+4]. The molecule has 6 rings (SSSR count). The molecule has 2 unspecified atom stereocenters. The van der Waals surface area contributed by atoms with Crippen LogP contribution in [0, 0.1) is 40.4 Å². The van der Waals surface area contributed by atoms with E-state index in [-0.39, 0.29) is 72.7 Å². The fraction of sp³-hybridized carbons (Fsp3) is 0.538. The Labute approximate surface area is 289 Å². The van der Waals surface area contributed by atoms with Crippen molar-refractivity contribution >= 4 is 5.57 Å². The van der Waals surface area contributed by atoms with E-state index in [0.717, 1.165) is 6.42 Å². The smallest absolute Gasteiger partial charge is 1.00 e. The number of fused-ring (bicyclic) bond motifs is 6. The normalized spacial score (nSPS) is 25.8. The maximum Gasteiger partial charge on any atom is 4.00 e. The average molecular weight is 683 g/mol. The second-order valence-corrected chi connectivity index (χ2v) is 15.7. The molecule has 0 saturated heterocycles. The summed E-state index contributed by atoms with van der Waals surface area (Å²) in [7, 11) is 0. The molecule has 4 aliphatic carbocycles. The molecule has 2 aromatic carbocycles. The fourth-order valence-corrected chi connectivity index (χ4v) is 8.60. The van der Waals surface area contributed by atoms with Gasteiger partial charge in [-0.15, -0.1) is 6.92 Å². The van der Waals surface area contributed by atoms with Gasteiger partial charge in [0.05, 0.1) is 0 Å². The zero-order valence-corrected chi connectivity index (χ0v) is 32.1. The van der Waals surface area contributed by atoms with E-state index in [2.05, 4.69) is 138 Å². The minimum atomic E-state index is 0. The summed E-state index contributed by atoms with van der Waals surface area (Å²) in [6.07, 6.45) is 8.50. The van der Waals surface area contributed by atoms with Crippen molar-refractivity contribution in [2.45, 2.75) is 108 Å². The minimum absolute atomic E-state index is 0. The van der Waals surface area contributed by atoms with E-state index >= 15 is 0 Å². The van der Waals surface area contributed by atoms with Crippen molar-refractivity contribution in [3.8, 4) is 0 Å². The summed E-state index contributed by atoms with van der Waals surface area (Å²) in [6, 6.07) is 15.8. The fourth-order valence-electron chi connectivity index (χ4n) is 8.60. The first-order valence-corrected chi connectivity index (χ1v) is 15.3. The quantitative estimate of drug-likeness (QED) is 0.344. The third-order valence-corrected chi connectivity index (χ3v) is 12.6. The summed E-state index contributed by atoms with van der Waals surface area (Å²) < 4.78 is 0. The van der Waals surface area contributed by atoms with E-state index in [1.165, 1.54) is 35.1 Å². The number of allylic oxidation sites excluding steroid dienone is 6. The van der Waals surface area contributed by atoms with Crippen LogP contribution >= 0.6 is 0 Å². The van der Waals surface area contributed by atoms with Crippen LogP contribution in [-0.4, -0.2) is 0 Å². The van der Waals surface area contributed by atoms with Crippen molar-refractivity contribution in [1.29, 1.82) is 0 Å². The van der Waals surface area contributed by atoms with E-state index in [1.807, 2.05) is 0 Å². The van der Waals surface area contributed by atoms with Crippen LogP contribution in [0.25, 0.3) is 5.57 Å². The van der Waals surface area contributed by atoms with E-state index < -0.39 is 0 Å². The average Bonchev–Trinajstić information content (AvgIpc) is 3.47. The van der Waals surface area contributed by atoms with Crippen molar-refractivity contribution in [2.24, 2.45) is 27.6 Å². The largest absolute Gasteiger partial charge is 4.00 e. The summed E-state index contributed by atoms with van der Waals surface area (Å²) in [6.45, 7) is 29.1. The topological polar surface area (TPSA) is 0 Å². The van der Waals surface area contributed by atoms with Gasteiger partial charge in [0.15, 0.2) is 0 Å². The molecule has 4 aliphatic rings. The Bertz CT molecular complexity index is 1390. The first kappa shape index (κ1) is 37.3. The first-order valence-electron chi connectivity index (χ1n) is 15.3. The molecule has 0 N–H and O–H groups in total. The van der Waals surface area contributed by atoms with Gasteiger partial charge < -0.3 is 24.8 Å². The molecule has 1 saturated carbocycles. The Morgan fingerprint density at radius 3 is 2.10 bits per heavy atom. The molecule has 1 fully saturated rings. The molecule has 3 heteroatoms. The molecule has 2 atom stereocenters. The van der Waals surface area contributed by atoms with Gasteiger partial charge in [-0.3, -0.25) is 0 Å². The number of halogens is 2. The Morgan fingerprint density at radius 2 is 1.55 bits per heavy atom. The van der Waals surface area contributed by atoms with Gasteiger partial charge in [-0.05, 0) is 40.6 Å². The molecule has 0 aliphatic heterocycles. The summed E-state index contributed by atoms with van der Waals surface area (Å²) >= 11 is 0. The zero-order chi connectivity index (χ0) is 28.8. The molecule has 0 bridgehead atoms. The Kier molecular flexibility index (Phi) is 10.8. The van der Waals surface area contributed by atoms with Gasteiger partial charge in [-0.25, -0.2) is 12.0 Å². The molecule has 0 spiro atoms. The third kappa shape index (κ3) is 5.15. The zero-order valence-electron chi connectivity index (χ0n) is 28.2. The Balaban J connectivity index is 0.000000409. The van der Waals surface area contributed by atoms with Crippen molar-refractivity contribution in [2.75, 3.05) is 0 Å². The maximum absolute atomic E-state index is 2.62. The van der Waals surface area contributed by atoms with Gasteiger partial charge in [0.2, 0.25) is 0 Å². The number of aryl methyl sites for hydroxylation is 1. The number of benzene rings is 1. The predicted octanol–water partition coefficient (Wildman–Crippen LogP) is 4.98. The maximum atomic E-state index is 2.62. The number of hydrogen-bond acceptors (Lipinski definition) is 0. The molecule has 0 amide bonds. The number of hydrogen-bond donors (Lipinski definition) is 0. The van der Waals surface area contributed by atoms with Gasteiger partial charge >= 0.3 is 26.2 Å². The summed E-state index contributed by atoms with van der Waals surface area (Å²) in [5, 5.41) is 0. The molecular weight excluding hydrogens is 631 g/mol. The number of rotatable bonds is 0. The van der Waals surface area contributed by atoms with E-state index in [0.29, 0.717) is 11.3 Å². The van der Waals surface area contributed by atoms with Crippen LogP contribution in [0.2, 0.25) is 0 Å². The molecule has 0 heterocycles. The van der Waals surface area contributed by atoms with Crippen molar-refractivity contribution in [3.05, 3.63) is 99.5 Å². The van der Waals surface area contributed by atoms with Crippen LogP contribution in [0.15, 0.2) is 71.3 Å². The van der Waals surface area contributed by atoms with Gasteiger partial charge in [0.25, 0.3) is 0 Å². The molecule has 42 heavy (non-hydrogen) atoms. The van der Waals surface area contributed by atoms with Gasteiger partial charge in [0.1, 0.15) is 0 Å². The van der Waals surface area contributed by atoms with Crippen molar-refractivity contribution in [3.63, 3.8) is 0 Å². The van der Waals surface area contributed by atoms with Crippen LogP contribution in [0.4, 0.5) is 0 Å². The third-order valence-electron chi connectivity index (χ3n) is 12.6. The summed E-state index contributed by atoms with van der Waals surface area (Å²) in [5.74, 6) is 2.24. The van der Waals surface area contributed by atoms with E-state index in [4.69, 9.17) is 0 Å². The second-order valence-electron chi connectivity index (χ2n) is 15.7. The summed E-state index contributed by atoms with van der Waals surface area (Å²) in [4.78, 5) is 0. The van der Waals surface area contributed by atoms with E-state index in [9.17, 15) is 0 Å². The minimum Gasteiger partial charge on any atom is -1.00 e. The van der Waals surface area contributed by atoms with E-state index in [1.54, 1.807) is 28.2 Å². The molecule has 0 radical (unpaired) electrons. The van der Waals surface area contributed by atoms with Crippen molar-refractivity contribution in [1.82, 2.24) is 0 Å². The molecule has 0 nitrogen and oxygen atoms in total. The van der Waals surface area contributed by atoms with Crippen LogP contribution in [0.3, 0.4) is 0 Å². The Morgan fingerprint density at radius 1 is 0.929 bits per heavy atom. The van der Waals surface area contributed by atoms with Crippen LogP contribution < -0.4 is 24.8 Å². The first-order chi connectivity index (χ1) is 18.0. The molecule has 0 aromatic heterocycles. The molecule has 226 valence electrons. The second kappa shape index (κ2) is 12.1. The van der Waals surface area contributed by atoms with Crippen LogP contribution in [0.5, 0.6) is 0 Å². The molecule has 2 aromatic rings. The van der Waals surface area contributed by atoms with Gasteiger partial charge in [-0.2, -0.15) is 34.4 Å². The van der Waals surface area contributed by atoms with Gasteiger partial charge in [0, 0.05) is 0 Å². The summed E-state index contributed by atoms with van der Waals surface area (Å²) in [5.41, 5.74) is 13.4. The molecular formula is C39H52Cl2Zr. The Hall–Kier alpha value is -0.877. The monoisotopic (exact) mass is 680 g/mol.